The number of aliphatic hydroxyl groups is 1. The standard InChI is InChI=1S/C17H22N2O5/c1-11(2)18-14(20)12-3-5-13(6-4-12)15(21)19-9-7-17(24,8-10-19)16(22)23/h3-6,11,24H,7-10H2,1-2H3,(H,18,20)(H,22,23). The minimum atomic E-state index is -1.75. The van der Waals surface area contributed by atoms with Crippen LogP contribution in [0.4, 0.5) is 0 Å². The van der Waals surface area contributed by atoms with Gasteiger partial charge in [0.2, 0.25) is 0 Å². The van der Waals surface area contributed by atoms with E-state index in [0.717, 1.165) is 0 Å². The molecule has 0 bridgehead atoms. The molecule has 2 amide bonds. The van der Waals surface area contributed by atoms with Gasteiger partial charge >= 0.3 is 5.97 Å². The minimum Gasteiger partial charge on any atom is -0.479 e. The summed E-state index contributed by atoms with van der Waals surface area (Å²) in [4.78, 5) is 36.8. The van der Waals surface area contributed by atoms with Crippen molar-refractivity contribution in [3.63, 3.8) is 0 Å². The molecule has 0 radical (unpaired) electrons. The number of benzene rings is 1. The van der Waals surface area contributed by atoms with Gasteiger partial charge in [-0.25, -0.2) is 4.79 Å². The summed E-state index contributed by atoms with van der Waals surface area (Å²) < 4.78 is 0. The molecule has 0 unspecified atom stereocenters. The molecule has 0 aliphatic carbocycles. The quantitative estimate of drug-likeness (QED) is 0.757. The maximum absolute atomic E-state index is 12.4. The number of carbonyl (C=O) groups is 3. The molecule has 0 saturated carbocycles. The van der Waals surface area contributed by atoms with Crippen molar-refractivity contribution in [3.8, 4) is 0 Å². The lowest BCUT2D eigenvalue weighted by atomic mass is 9.91. The van der Waals surface area contributed by atoms with Crippen LogP contribution in [-0.2, 0) is 4.79 Å². The van der Waals surface area contributed by atoms with E-state index in [1.165, 1.54) is 4.90 Å². The van der Waals surface area contributed by atoms with Crippen LogP contribution in [0.5, 0.6) is 0 Å². The van der Waals surface area contributed by atoms with E-state index >= 15 is 0 Å². The van der Waals surface area contributed by atoms with Crippen LogP contribution in [0.2, 0.25) is 0 Å². The number of piperidine rings is 1. The molecule has 1 heterocycles. The minimum absolute atomic E-state index is 0.00293. The molecule has 7 heteroatoms. The van der Waals surface area contributed by atoms with Crippen LogP contribution in [0.1, 0.15) is 47.4 Å². The molecule has 1 saturated heterocycles. The van der Waals surface area contributed by atoms with Gasteiger partial charge in [0, 0.05) is 43.1 Å². The first-order valence-corrected chi connectivity index (χ1v) is 7.89. The van der Waals surface area contributed by atoms with Gasteiger partial charge in [-0.3, -0.25) is 9.59 Å². The Labute approximate surface area is 140 Å². The van der Waals surface area contributed by atoms with Crippen LogP contribution in [-0.4, -0.2) is 57.6 Å². The van der Waals surface area contributed by atoms with Gasteiger partial charge in [0.25, 0.3) is 11.8 Å². The van der Waals surface area contributed by atoms with E-state index in [1.54, 1.807) is 24.3 Å². The fourth-order valence-electron chi connectivity index (χ4n) is 2.59. The second kappa shape index (κ2) is 7.00. The second-order valence-corrected chi connectivity index (χ2v) is 6.33. The van der Waals surface area contributed by atoms with Gasteiger partial charge in [-0.2, -0.15) is 0 Å². The van der Waals surface area contributed by atoms with Gasteiger partial charge in [-0.05, 0) is 38.1 Å². The van der Waals surface area contributed by atoms with Crippen molar-refractivity contribution >= 4 is 17.8 Å². The molecular formula is C17H22N2O5. The molecule has 3 N–H and O–H groups in total. The third-order valence-electron chi connectivity index (χ3n) is 4.09. The fourth-order valence-corrected chi connectivity index (χ4v) is 2.59. The topological polar surface area (TPSA) is 107 Å². The first-order chi connectivity index (χ1) is 11.2. The number of amides is 2. The first-order valence-electron chi connectivity index (χ1n) is 7.89. The summed E-state index contributed by atoms with van der Waals surface area (Å²) in [5, 5.41) is 21.7. The van der Waals surface area contributed by atoms with Crippen LogP contribution >= 0.6 is 0 Å². The van der Waals surface area contributed by atoms with Crippen LogP contribution in [0.15, 0.2) is 24.3 Å². The molecule has 0 spiro atoms. The van der Waals surface area contributed by atoms with Crippen molar-refractivity contribution in [1.82, 2.24) is 10.2 Å². The average molecular weight is 334 g/mol. The van der Waals surface area contributed by atoms with E-state index < -0.39 is 11.6 Å². The van der Waals surface area contributed by atoms with Crippen LogP contribution < -0.4 is 5.32 Å². The second-order valence-electron chi connectivity index (χ2n) is 6.33. The van der Waals surface area contributed by atoms with E-state index in [1.807, 2.05) is 13.8 Å². The monoisotopic (exact) mass is 334 g/mol. The molecule has 1 aliphatic heterocycles. The summed E-state index contributed by atoms with van der Waals surface area (Å²) in [5.41, 5.74) is -0.855. The lowest BCUT2D eigenvalue weighted by Gasteiger charge is -2.35. The number of aliphatic carboxylic acids is 1. The van der Waals surface area contributed by atoms with Gasteiger partial charge < -0.3 is 20.4 Å². The Kier molecular flexibility index (Phi) is 5.23. The number of carboxylic acid groups (broad SMARTS) is 1. The summed E-state index contributed by atoms with van der Waals surface area (Å²) in [5.74, 6) is -1.69. The number of carboxylic acids is 1. The molecule has 0 atom stereocenters. The summed E-state index contributed by atoms with van der Waals surface area (Å²) in [6.07, 6.45) is 0.00586. The van der Waals surface area contributed by atoms with E-state index in [2.05, 4.69) is 5.32 Å². The highest BCUT2D eigenvalue weighted by Crippen LogP contribution is 2.23. The molecule has 1 aromatic rings. The van der Waals surface area contributed by atoms with E-state index in [-0.39, 0.29) is 43.8 Å². The fraction of sp³-hybridized carbons (Fsp3) is 0.471. The molecule has 1 aliphatic rings. The molecular weight excluding hydrogens is 312 g/mol. The average Bonchev–Trinajstić information content (AvgIpc) is 2.54. The van der Waals surface area contributed by atoms with Crippen molar-refractivity contribution < 1.29 is 24.6 Å². The molecule has 0 aromatic heterocycles. The lowest BCUT2D eigenvalue weighted by Crippen LogP contribution is -2.50. The van der Waals surface area contributed by atoms with Crippen molar-refractivity contribution in [2.75, 3.05) is 13.1 Å². The van der Waals surface area contributed by atoms with Crippen molar-refractivity contribution in [3.05, 3.63) is 35.4 Å². The van der Waals surface area contributed by atoms with Crippen molar-refractivity contribution in [2.45, 2.75) is 38.3 Å². The Morgan fingerprint density at radius 3 is 2.04 bits per heavy atom. The number of hydrogen-bond acceptors (Lipinski definition) is 4. The van der Waals surface area contributed by atoms with Gasteiger partial charge in [-0.15, -0.1) is 0 Å². The highest BCUT2D eigenvalue weighted by atomic mass is 16.4. The number of likely N-dealkylation sites (tertiary alicyclic amines) is 1. The summed E-state index contributed by atoms with van der Waals surface area (Å²) in [6, 6.07) is 6.36. The molecule has 1 fully saturated rings. The summed E-state index contributed by atoms with van der Waals surface area (Å²) in [6.45, 7) is 4.09. The Morgan fingerprint density at radius 2 is 1.58 bits per heavy atom. The van der Waals surface area contributed by atoms with E-state index in [0.29, 0.717) is 11.1 Å². The smallest absolute Gasteiger partial charge is 0.335 e. The number of hydrogen-bond donors (Lipinski definition) is 3. The predicted octanol–water partition coefficient (Wildman–Crippen LogP) is 0.876. The zero-order valence-electron chi connectivity index (χ0n) is 13.8. The normalized spacial score (nSPS) is 16.8. The van der Waals surface area contributed by atoms with Crippen LogP contribution in [0, 0.1) is 0 Å². The van der Waals surface area contributed by atoms with Crippen molar-refractivity contribution in [2.24, 2.45) is 0 Å². The summed E-state index contributed by atoms with van der Waals surface area (Å²) >= 11 is 0. The molecule has 2 rings (SSSR count). The third-order valence-corrected chi connectivity index (χ3v) is 4.09. The Morgan fingerprint density at radius 1 is 1.08 bits per heavy atom. The van der Waals surface area contributed by atoms with Crippen LogP contribution in [0.25, 0.3) is 0 Å². The number of nitrogens with zero attached hydrogens (tertiary/aromatic N) is 1. The molecule has 24 heavy (non-hydrogen) atoms. The number of rotatable bonds is 4. The van der Waals surface area contributed by atoms with Gasteiger partial charge in [0.15, 0.2) is 5.60 Å². The van der Waals surface area contributed by atoms with Crippen molar-refractivity contribution in [1.29, 1.82) is 0 Å². The maximum Gasteiger partial charge on any atom is 0.335 e. The Balaban J connectivity index is 2.01. The predicted molar refractivity (Wildman–Crippen MR) is 86.8 cm³/mol. The maximum atomic E-state index is 12.4. The number of carbonyl (C=O) groups excluding carboxylic acids is 2. The van der Waals surface area contributed by atoms with Crippen LogP contribution in [0.3, 0.4) is 0 Å². The van der Waals surface area contributed by atoms with Gasteiger partial charge in [-0.1, -0.05) is 0 Å². The largest absolute Gasteiger partial charge is 0.479 e. The summed E-state index contributed by atoms with van der Waals surface area (Å²) in [7, 11) is 0. The number of nitrogens with one attached hydrogen (secondary N) is 1. The van der Waals surface area contributed by atoms with E-state index in [9.17, 15) is 19.5 Å². The third kappa shape index (κ3) is 3.91. The lowest BCUT2D eigenvalue weighted by molar-refractivity contribution is -0.162. The highest BCUT2D eigenvalue weighted by Gasteiger charge is 2.40. The first kappa shape index (κ1) is 17.9. The molecule has 7 nitrogen and oxygen atoms in total. The van der Waals surface area contributed by atoms with Gasteiger partial charge in [0.05, 0.1) is 0 Å². The zero-order valence-corrected chi connectivity index (χ0v) is 13.8. The Hall–Kier alpha value is -2.41. The highest BCUT2D eigenvalue weighted by molar-refractivity contribution is 5.98. The molecule has 1 aromatic carbocycles. The Bertz CT molecular complexity index is 631. The molecule has 130 valence electrons. The van der Waals surface area contributed by atoms with Gasteiger partial charge in [0.1, 0.15) is 0 Å². The zero-order chi connectivity index (χ0) is 17.9. The SMILES string of the molecule is CC(C)NC(=O)c1ccc(C(=O)N2CCC(O)(C(=O)O)CC2)cc1. The van der Waals surface area contributed by atoms with E-state index in [4.69, 9.17) is 5.11 Å².